The van der Waals surface area contributed by atoms with Gasteiger partial charge >= 0.3 is 0 Å². The summed E-state index contributed by atoms with van der Waals surface area (Å²) in [6, 6.07) is 57.3. The number of fused-ring (bicyclic) bond motifs is 3. The molecule has 1 N–H and O–H groups in total. The van der Waals surface area contributed by atoms with Crippen molar-refractivity contribution in [3.8, 4) is 11.1 Å². The van der Waals surface area contributed by atoms with Gasteiger partial charge in [-0.25, -0.2) is 0 Å². The van der Waals surface area contributed by atoms with Crippen molar-refractivity contribution < 1.29 is 0 Å². The highest BCUT2D eigenvalue weighted by Crippen LogP contribution is 2.50. The predicted octanol–water partition coefficient (Wildman–Crippen LogP) is 11.7. The molecule has 0 bridgehead atoms. The van der Waals surface area contributed by atoms with Crippen molar-refractivity contribution in [1.29, 1.82) is 0 Å². The van der Waals surface area contributed by atoms with Crippen molar-refractivity contribution >= 4 is 38.9 Å². The number of hydrogen-bond acceptors (Lipinski definition) is 2. The fourth-order valence-corrected chi connectivity index (χ4v) is 8.33. The molecule has 0 unspecified atom stereocenters. The Balaban J connectivity index is 1.26. The van der Waals surface area contributed by atoms with E-state index in [0.717, 1.165) is 24.2 Å². The van der Waals surface area contributed by atoms with E-state index in [1.165, 1.54) is 53.9 Å². The van der Waals surface area contributed by atoms with E-state index in [-0.39, 0.29) is 0 Å². The molecule has 1 heterocycles. The topological polar surface area (TPSA) is 12.0 Å². The number of benzene rings is 6. The molecule has 0 fully saturated rings. The molecule has 7 aromatic rings. The second-order valence-electron chi connectivity index (χ2n) is 11.7. The molecule has 1 aliphatic carbocycles. The fourth-order valence-electron chi connectivity index (χ4n) is 6.96. The van der Waals surface area contributed by atoms with Gasteiger partial charge in [0.05, 0.1) is 5.41 Å². The van der Waals surface area contributed by atoms with E-state index in [1.807, 2.05) is 11.3 Å². The summed E-state index contributed by atoms with van der Waals surface area (Å²) < 4.78 is 1.38. The number of hydrogen-bond donors (Lipinski definition) is 1. The highest BCUT2D eigenvalue weighted by atomic mass is 32.1. The average Bonchev–Trinajstić information content (AvgIpc) is 3.50. The smallest absolute Gasteiger partial charge is 0.0715 e. The third kappa shape index (κ3) is 4.88. The minimum absolute atomic E-state index is 0.491. The van der Waals surface area contributed by atoms with Crippen LogP contribution in [0.2, 0.25) is 0 Å². The molecular formula is C43H33NS. The number of thiophene rings is 1. The van der Waals surface area contributed by atoms with E-state index in [1.54, 1.807) is 0 Å². The normalized spacial score (nSPS) is 12.6. The van der Waals surface area contributed by atoms with Crippen molar-refractivity contribution in [3.05, 3.63) is 196 Å². The molecule has 216 valence electrons. The second kappa shape index (κ2) is 11.7. The SMILES string of the molecule is C1=Cc2c(sc3c(C(c4ccccc4)(c4ccccc4)c4ccc(Nc5ccc(-c6ccccc6)cc5)cc4)cccc23)CC1. The van der Waals surface area contributed by atoms with Gasteiger partial charge in [-0.05, 0) is 76.1 Å². The Kier molecular flexibility index (Phi) is 7.13. The summed E-state index contributed by atoms with van der Waals surface area (Å²) in [5, 5.41) is 5.00. The second-order valence-corrected chi connectivity index (χ2v) is 12.8. The molecule has 2 heteroatoms. The van der Waals surface area contributed by atoms with Crippen LogP contribution < -0.4 is 5.32 Å². The van der Waals surface area contributed by atoms with Gasteiger partial charge in [0.2, 0.25) is 0 Å². The lowest BCUT2D eigenvalue weighted by molar-refractivity contribution is 0.754. The van der Waals surface area contributed by atoms with Crippen molar-refractivity contribution in [1.82, 2.24) is 0 Å². The minimum Gasteiger partial charge on any atom is -0.356 e. The summed E-state index contributed by atoms with van der Waals surface area (Å²) in [5.41, 5.74) is 10.6. The molecule has 1 nitrogen and oxygen atoms in total. The first-order chi connectivity index (χ1) is 22.3. The molecule has 0 saturated carbocycles. The van der Waals surface area contributed by atoms with Gasteiger partial charge in [-0.2, -0.15) is 0 Å². The lowest BCUT2D eigenvalue weighted by Crippen LogP contribution is -2.31. The quantitative estimate of drug-likeness (QED) is 0.181. The third-order valence-electron chi connectivity index (χ3n) is 9.07. The summed E-state index contributed by atoms with van der Waals surface area (Å²) in [6.07, 6.45) is 6.88. The van der Waals surface area contributed by atoms with Crippen molar-refractivity contribution in [2.75, 3.05) is 5.32 Å². The van der Waals surface area contributed by atoms with Crippen LogP contribution in [0.3, 0.4) is 0 Å². The molecule has 1 aliphatic rings. The van der Waals surface area contributed by atoms with E-state index in [4.69, 9.17) is 0 Å². The maximum atomic E-state index is 3.64. The van der Waals surface area contributed by atoms with E-state index in [0.29, 0.717) is 0 Å². The molecule has 0 atom stereocenters. The molecule has 45 heavy (non-hydrogen) atoms. The highest BCUT2D eigenvalue weighted by molar-refractivity contribution is 7.19. The Bertz CT molecular complexity index is 2050. The molecule has 6 aromatic carbocycles. The average molecular weight is 596 g/mol. The fraction of sp³-hybridized carbons (Fsp3) is 0.0698. The van der Waals surface area contributed by atoms with Gasteiger partial charge < -0.3 is 5.32 Å². The van der Waals surface area contributed by atoms with Gasteiger partial charge in [0, 0.05) is 26.3 Å². The van der Waals surface area contributed by atoms with E-state index in [9.17, 15) is 0 Å². The number of anilines is 2. The standard InChI is InChI=1S/C43H33NS/c1-4-13-31(14-5-1)32-23-27-36(28-24-32)44-37-29-25-35(26-30-37)43(33-15-6-2-7-16-33,34-17-8-3-9-18-34)40-21-12-20-39-38-19-10-11-22-41(38)45-42(39)40/h1-10,12-21,23-30,44H,11,22H2. The van der Waals surface area contributed by atoms with Gasteiger partial charge in [-0.15, -0.1) is 11.3 Å². The summed E-state index contributed by atoms with van der Waals surface area (Å²) in [6.45, 7) is 0. The summed E-state index contributed by atoms with van der Waals surface area (Å²) in [4.78, 5) is 1.49. The van der Waals surface area contributed by atoms with Crippen molar-refractivity contribution in [3.63, 3.8) is 0 Å². The van der Waals surface area contributed by atoms with Gasteiger partial charge in [-0.1, -0.05) is 146 Å². The van der Waals surface area contributed by atoms with E-state index >= 15 is 0 Å². The van der Waals surface area contributed by atoms with Crippen LogP contribution in [-0.2, 0) is 11.8 Å². The Morgan fingerprint density at radius 1 is 0.511 bits per heavy atom. The van der Waals surface area contributed by atoms with Gasteiger partial charge in [-0.3, -0.25) is 0 Å². The summed E-state index contributed by atoms with van der Waals surface area (Å²) >= 11 is 1.98. The first-order valence-electron chi connectivity index (χ1n) is 15.7. The minimum atomic E-state index is -0.491. The zero-order chi connectivity index (χ0) is 30.1. The number of nitrogens with one attached hydrogen (secondary N) is 1. The Hall–Kier alpha value is -5.18. The zero-order valence-electron chi connectivity index (χ0n) is 25.0. The predicted molar refractivity (Wildman–Crippen MR) is 193 cm³/mol. The number of aryl methyl sites for hydroxylation is 1. The van der Waals surface area contributed by atoms with Gasteiger partial charge in [0.25, 0.3) is 0 Å². The lowest BCUT2D eigenvalue weighted by Gasteiger charge is -2.37. The van der Waals surface area contributed by atoms with Crippen LogP contribution in [0.4, 0.5) is 11.4 Å². The lowest BCUT2D eigenvalue weighted by atomic mass is 9.65. The number of allylic oxidation sites excluding steroid dienone is 1. The van der Waals surface area contributed by atoms with Crippen LogP contribution in [-0.4, -0.2) is 0 Å². The first-order valence-corrected chi connectivity index (χ1v) is 16.5. The largest absolute Gasteiger partial charge is 0.356 e. The summed E-state index contributed by atoms with van der Waals surface area (Å²) in [5.74, 6) is 0. The van der Waals surface area contributed by atoms with Crippen LogP contribution in [0, 0.1) is 0 Å². The maximum absolute atomic E-state index is 3.64. The van der Waals surface area contributed by atoms with E-state index < -0.39 is 5.41 Å². The molecular weight excluding hydrogens is 563 g/mol. The highest BCUT2D eigenvalue weighted by Gasteiger charge is 2.40. The number of rotatable bonds is 7. The van der Waals surface area contributed by atoms with Crippen molar-refractivity contribution in [2.24, 2.45) is 0 Å². The van der Waals surface area contributed by atoms with Crippen molar-refractivity contribution in [2.45, 2.75) is 18.3 Å². The van der Waals surface area contributed by atoms with Gasteiger partial charge in [0.15, 0.2) is 0 Å². The Labute approximate surface area is 269 Å². The van der Waals surface area contributed by atoms with Crippen LogP contribution in [0.1, 0.15) is 39.1 Å². The van der Waals surface area contributed by atoms with Crippen LogP contribution in [0.25, 0.3) is 27.3 Å². The Morgan fingerprint density at radius 3 is 1.71 bits per heavy atom. The maximum Gasteiger partial charge on any atom is 0.0715 e. The van der Waals surface area contributed by atoms with Gasteiger partial charge in [0.1, 0.15) is 0 Å². The molecule has 0 radical (unpaired) electrons. The molecule has 0 amide bonds. The molecule has 0 spiro atoms. The molecule has 8 rings (SSSR count). The van der Waals surface area contributed by atoms with Crippen LogP contribution >= 0.6 is 11.3 Å². The Morgan fingerprint density at radius 2 is 1.07 bits per heavy atom. The molecule has 0 aliphatic heterocycles. The first kappa shape index (κ1) is 27.4. The van der Waals surface area contributed by atoms with E-state index in [2.05, 4.69) is 175 Å². The monoisotopic (exact) mass is 595 g/mol. The van der Waals surface area contributed by atoms with Crippen LogP contribution in [0.15, 0.2) is 164 Å². The summed E-state index contributed by atoms with van der Waals surface area (Å²) in [7, 11) is 0. The van der Waals surface area contributed by atoms with Crippen LogP contribution in [0.5, 0.6) is 0 Å². The zero-order valence-corrected chi connectivity index (χ0v) is 25.8. The molecule has 0 saturated heterocycles. The molecule has 1 aromatic heterocycles. The third-order valence-corrected chi connectivity index (χ3v) is 10.4.